The molecule has 0 spiro atoms. The molecule has 2 saturated heterocycles. The number of para-hydroxylation sites is 1. The van der Waals surface area contributed by atoms with E-state index in [2.05, 4.69) is 15.6 Å². The SMILES string of the molecule is CC1(C)CC(=O)c2c([nH]cc(C(=O)Nc3ccccc3CC(=O)NC3C(=O)N4[C@@H]3SC(C)(C)[C@@H]4C(=O)O)c2=O)C1. The van der Waals surface area contributed by atoms with Crippen LogP contribution in [0.4, 0.5) is 5.69 Å². The number of carbonyl (C=O) groups excluding carboxylic acids is 4. The number of Topliss-reactive ketones (excluding diaryl/α,β-unsaturated/α-hetero) is 1. The molecule has 11 nitrogen and oxygen atoms in total. The van der Waals surface area contributed by atoms with Gasteiger partial charge in [-0.15, -0.1) is 11.8 Å². The number of hydrogen-bond acceptors (Lipinski definition) is 7. The van der Waals surface area contributed by atoms with E-state index in [1.165, 1.54) is 22.9 Å². The van der Waals surface area contributed by atoms with E-state index in [0.717, 1.165) is 0 Å². The van der Waals surface area contributed by atoms with Gasteiger partial charge in [0.25, 0.3) is 5.91 Å². The number of carboxylic acid groups (broad SMARTS) is 1. The quantitative estimate of drug-likeness (QED) is 0.385. The molecule has 40 heavy (non-hydrogen) atoms. The topological polar surface area (TPSA) is 166 Å². The second kappa shape index (κ2) is 9.61. The van der Waals surface area contributed by atoms with Crippen LogP contribution in [-0.4, -0.2) is 66.7 Å². The number of aliphatic carboxylic acids is 1. The third-order valence-electron chi connectivity index (χ3n) is 7.59. The molecule has 3 amide bonds. The first-order chi connectivity index (χ1) is 18.7. The number of amides is 3. The summed E-state index contributed by atoms with van der Waals surface area (Å²) >= 11 is 1.33. The van der Waals surface area contributed by atoms with Gasteiger partial charge < -0.3 is 25.6 Å². The van der Waals surface area contributed by atoms with Crippen LogP contribution in [0.25, 0.3) is 0 Å². The first kappa shape index (κ1) is 27.6. The number of benzene rings is 1. The van der Waals surface area contributed by atoms with E-state index in [-0.39, 0.29) is 35.2 Å². The zero-order chi connectivity index (χ0) is 29.1. The van der Waals surface area contributed by atoms with Crippen molar-refractivity contribution in [3.05, 3.63) is 63.1 Å². The van der Waals surface area contributed by atoms with E-state index in [9.17, 15) is 33.9 Å². The first-order valence-electron chi connectivity index (χ1n) is 12.9. The van der Waals surface area contributed by atoms with Crippen molar-refractivity contribution in [2.75, 3.05) is 5.32 Å². The molecule has 3 heterocycles. The van der Waals surface area contributed by atoms with Crippen LogP contribution in [-0.2, 0) is 27.2 Å². The Bertz CT molecular complexity index is 1530. The molecule has 2 fully saturated rings. The van der Waals surface area contributed by atoms with Gasteiger partial charge in [-0.3, -0.25) is 24.0 Å². The number of carboxylic acids is 1. The van der Waals surface area contributed by atoms with Gasteiger partial charge >= 0.3 is 5.97 Å². The summed E-state index contributed by atoms with van der Waals surface area (Å²) in [7, 11) is 0. The summed E-state index contributed by atoms with van der Waals surface area (Å²) in [5.41, 5.74) is 0.151. The van der Waals surface area contributed by atoms with Gasteiger partial charge in [-0.05, 0) is 37.3 Å². The van der Waals surface area contributed by atoms with Crippen molar-refractivity contribution in [1.29, 1.82) is 0 Å². The third-order valence-corrected chi connectivity index (χ3v) is 9.16. The van der Waals surface area contributed by atoms with Crippen molar-refractivity contribution >= 4 is 46.9 Å². The molecule has 4 N–H and O–H groups in total. The predicted octanol–water partition coefficient (Wildman–Crippen LogP) is 1.96. The molecule has 3 aliphatic rings. The number of ketones is 1. The summed E-state index contributed by atoms with van der Waals surface area (Å²) < 4.78 is -0.710. The average molecular weight is 567 g/mol. The Hall–Kier alpha value is -3.93. The van der Waals surface area contributed by atoms with Crippen molar-refractivity contribution in [2.45, 2.75) is 69.2 Å². The minimum Gasteiger partial charge on any atom is -0.480 e. The molecule has 2 aliphatic heterocycles. The Kier molecular flexibility index (Phi) is 6.64. The van der Waals surface area contributed by atoms with Crippen molar-refractivity contribution < 1.29 is 29.1 Å². The van der Waals surface area contributed by atoms with Crippen molar-refractivity contribution in [3.63, 3.8) is 0 Å². The van der Waals surface area contributed by atoms with Crippen LogP contribution in [0.3, 0.4) is 0 Å². The van der Waals surface area contributed by atoms with Gasteiger partial charge in [0.2, 0.25) is 17.2 Å². The third kappa shape index (κ3) is 4.70. The molecule has 0 bridgehead atoms. The predicted molar refractivity (Wildman–Crippen MR) is 147 cm³/mol. The fraction of sp³-hybridized carbons (Fsp3) is 0.429. The monoisotopic (exact) mass is 566 g/mol. The number of aromatic nitrogens is 1. The molecule has 1 aromatic heterocycles. The van der Waals surface area contributed by atoms with Crippen LogP contribution in [0, 0.1) is 5.41 Å². The second-order valence-electron chi connectivity index (χ2n) is 11.8. The number of thioether (sulfide) groups is 1. The number of fused-ring (bicyclic) bond motifs is 2. The number of carbonyl (C=O) groups is 5. The molecule has 0 radical (unpaired) electrons. The molecular weight excluding hydrogens is 536 g/mol. The first-order valence-corrected chi connectivity index (χ1v) is 13.8. The van der Waals surface area contributed by atoms with Crippen LogP contribution < -0.4 is 16.1 Å². The summed E-state index contributed by atoms with van der Waals surface area (Å²) in [5, 5.41) is 14.5. The average Bonchev–Trinajstić information content (AvgIpc) is 3.10. The molecule has 5 rings (SSSR count). The summed E-state index contributed by atoms with van der Waals surface area (Å²) in [4.78, 5) is 80.5. The summed E-state index contributed by atoms with van der Waals surface area (Å²) in [5.74, 6) is -3.04. The molecule has 2 aromatic rings. The van der Waals surface area contributed by atoms with Crippen molar-refractivity contribution in [2.24, 2.45) is 5.41 Å². The lowest BCUT2D eigenvalue weighted by Crippen LogP contribution is -2.70. The van der Waals surface area contributed by atoms with Gasteiger partial charge in [-0.1, -0.05) is 32.0 Å². The highest BCUT2D eigenvalue weighted by molar-refractivity contribution is 8.01. The minimum absolute atomic E-state index is 0.0111. The number of hydrogen-bond donors (Lipinski definition) is 4. The molecule has 12 heteroatoms. The Morgan fingerprint density at radius 3 is 2.50 bits per heavy atom. The molecule has 1 aliphatic carbocycles. The highest BCUT2D eigenvalue weighted by Crippen LogP contribution is 2.50. The number of H-pyrrole nitrogens is 1. The van der Waals surface area contributed by atoms with E-state index < -0.39 is 51.3 Å². The van der Waals surface area contributed by atoms with E-state index in [1.807, 2.05) is 13.8 Å². The van der Waals surface area contributed by atoms with E-state index in [4.69, 9.17) is 0 Å². The lowest BCUT2D eigenvalue weighted by Gasteiger charge is -2.43. The lowest BCUT2D eigenvalue weighted by atomic mass is 9.75. The van der Waals surface area contributed by atoms with Gasteiger partial charge in [0.1, 0.15) is 23.0 Å². The summed E-state index contributed by atoms with van der Waals surface area (Å²) in [6, 6.07) is 4.75. The maximum absolute atomic E-state index is 13.1. The number of anilines is 1. The van der Waals surface area contributed by atoms with E-state index in [0.29, 0.717) is 23.4 Å². The molecular formula is C28H30N4O7S. The van der Waals surface area contributed by atoms with Gasteiger partial charge in [-0.2, -0.15) is 0 Å². The van der Waals surface area contributed by atoms with Crippen LogP contribution in [0.1, 0.15) is 66.1 Å². The Morgan fingerprint density at radius 1 is 1.10 bits per heavy atom. The second-order valence-corrected chi connectivity index (χ2v) is 13.5. The molecule has 3 atom stereocenters. The number of pyridine rings is 1. The lowest BCUT2D eigenvalue weighted by molar-refractivity contribution is -0.161. The highest BCUT2D eigenvalue weighted by Gasteiger charge is 2.64. The zero-order valence-corrected chi connectivity index (χ0v) is 23.3. The molecule has 210 valence electrons. The Labute approximate surface area is 234 Å². The number of nitrogens with zero attached hydrogens (tertiary/aromatic N) is 1. The van der Waals surface area contributed by atoms with Gasteiger partial charge in [0.05, 0.1) is 12.0 Å². The number of aromatic amines is 1. The maximum Gasteiger partial charge on any atom is 0.327 e. The number of β-lactam (4-membered cyclic amide) rings is 1. The number of nitrogens with one attached hydrogen (secondary N) is 3. The normalized spacial score (nSPS) is 24.0. The van der Waals surface area contributed by atoms with Crippen LogP contribution in [0.15, 0.2) is 35.3 Å². The molecule has 0 saturated carbocycles. The zero-order valence-electron chi connectivity index (χ0n) is 22.5. The Balaban J connectivity index is 1.29. The Morgan fingerprint density at radius 2 is 1.80 bits per heavy atom. The summed E-state index contributed by atoms with van der Waals surface area (Å²) in [6.07, 6.45) is 1.86. The molecule has 1 unspecified atom stereocenters. The van der Waals surface area contributed by atoms with Gasteiger partial charge in [0.15, 0.2) is 5.78 Å². The van der Waals surface area contributed by atoms with E-state index in [1.54, 1.807) is 38.1 Å². The highest BCUT2D eigenvalue weighted by atomic mass is 32.2. The van der Waals surface area contributed by atoms with Crippen molar-refractivity contribution in [1.82, 2.24) is 15.2 Å². The van der Waals surface area contributed by atoms with Crippen LogP contribution >= 0.6 is 11.8 Å². The maximum atomic E-state index is 13.1. The van der Waals surface area contributed by atoms with Crippen molar-refractivity contribution in [3.8, 4) is 0 Å². The smallest absolute Gasteiger partial charge is 0.327 e. The fourth-order valence-corrected chi connectivity index (χ4v) is 7.39. The molecule has 1 aromatic carbocycles. The van der Waals surface area contributed by atoms with Gasteiger partial charge in [0, 0.05) is 28.7 Å². The standard InChI is InChI=1S/C28H30N4O7S/c1-27(2)10-16-19(17(33)11-27)21(35)14(12-29-16)23(36)30-15-8-6-5-7-13(15)9-18(34)31-20-24(37)32-22(26(38)39)28(3,4)40-25(20)32/h5-8,12,20,22,25H,9-11H2,1-4H3,(H,29,35)(H,30,36)(H,31,34)(H,38,39)/t20?,22-,25+/m0/s1. The van der Waals surface area contributed by atoms with Crippen LogP contribution in [0.2, 0.25) is 0 Å². The fourth-order valence-electron chi connectivity index (χ4n) is 5.76. The largest absolute Gasteiger partial charge is 0.480 e. The van der Waals surface area contributed by atoms with Gasteiger partial charge in [-0.25, -0.2) is 4.79 Å². The number of rotatable bonds is 6. The van der Waals surface area contributed by atoms with E-state index >= 15 is 0 Å². The minimum atomic E-state index is -1.09. The van der Waals surface area contributed by atoms with Crippen LogP contribution in [0.5, 0.6) is 0 Å². The summed E-state index contributed by atoms with van der Waals surface area (Å²) in [6.45, 7) is 7.39.